The number of hydrogen-bond acceptors (Lipinski definition) is 6. The van der Waals surface area contributed by atoms with Crippen LogP contribution in [-0.4, -0.2) is 55.4 Å². The quantitative estimate of drug-likeness (QED) is 0.797. The Hall–Kier alpha value is -0.960. The predicted molar refractivity (Wildman–Crippen MR) is 62.3 cm³/mol. The van der Waals surface area contributed by atoms with Crippen LogP contribution in [0.15, 0.2) is 10.6 Å². The summed E-state index contributed by atoms with van der Waals surface area (Å²) in [6, 6.07) is 1.60. The van der Waals surface area contributed by atoms with E-state index >= 15 is 0 Å². The zero-order valence-electron chi connectivity index (χ0n) is 10.1. The Morgan fingerprint density at radius 3 is 3.00 bits per heavy atom. The molecule has 1 fully saturated rings. The number of nitrogens with zero attached hydrogens (tertiary/aromatic N) is 2. The maximum atomic E-state index is 12.1. The molecule has 0 spiro atoms. The van der Waals surface area contributed by atoms with E-state index < -0.39 is 16.1 Å². The lowest BCUT2D eigenvalue weighted by atomic mass is 10.3. The molecule has 1 N–H and O–H groups in total. The van der Waals surface area contributed by atoms with E-state index in [2.05, 4.69) is 5.16 Å². The second kappa shape index (κ2) is 5.35. The van der Waals surface area contributed by atoms with Crippen LogP contribution < -0.4 is 0 Å². The number of aryl methyl sites for hydroxylation is 1. The van der Waals surface area contributed by atoms with Crippen molar-refractivity contribution in [1.82, 2.24) is 9.46 Å². The van der Waals surface area contributed by atoms with Crippen LogP contribution in [0.3, 0.4) is 0 Å². The highest BCUT2D eigenvalue weighted by atomic mass is 32.2. The highest BCUT2D eigenvalue weighted by Gasteiger charge is 2.29. The third-order valence-electron chi connectivity index (χ3n) is 2.71. The van der Waals surface area contributed by atoms with Gasteiger partial charge in [0.2, 0.25) is 10.0 Å². The maximum absolute atomic E-state index is 12.1. The molecule has 0 saturated carbocycles. The number of sulfonamides is 1. The van der Waals surface area contributed by atoms with Crippen molar-refractivity contribution < 1.29 is 22.8 Å². The molecular formula is C10H16N2O5S. The fourth-order valence-corrected chi connectivity index (χ4v) is 3.26. The van der Waals surface area contributed by atoms with Gasteiger partial charge in [0.15, 0.2) is 0 Å². The van der Waals surface area contributed by atoms with Gasteiger partial charge in [-0.2, -0.15) is 4.31 Å². The van der Waals surface area contributed by atoms with Gasteiger partial charge in [0.1, 0.15) is 17.2 Å². The Morgan fingerprint density at radius 2 is 2.39 bits per heavy atom. The van der Waals surface area contributed by atoms with Crippen molar-refractivity contribution in [3.63, 3.8) is 0 Å². The number of morpholine rings is 1. The summed E-state index contributed by atoms with van der Waals surface area (Å²) in [4.78, 5) is 0. The Bertz CT molecular complexity index is 498. The van der Waals surface area contributed by atoms with Gasteiger partial charge in [0.25, 0.3) is 0 Å². The molecule has 1 aliphatic rings. The summed E-state index contributed by atoms with van der Waals surface area (Å²) < 4.78 is 35.6. The van der Waals surface area contributed by atoms with Gasteiger partial charge in [-0.25, -0.2) is 8.42 Å². The fourth-order valence-electron chi connectivity index (χ4n) is 1.82. The van der Waals surface area contributed by atoms with Crippen molar-refractivity contribution in [2.75, 3.05) is 26.3 Å². The molecule has 1 unspecified atom stereocenters. The second-order valence-corrected chi connectivity index (χ2v) is 6.19. The highest BCUT2D eigenvalue weighted by molar-refractivity contribution is 7.88. The molecule has 2 heterocycles. The number of ether oxygens (including phenoxy) is 1. The van der Waals surface area contributed by atoms with Crippen LogP contribution in [0, 0.1) is 6.92 Å². The van der Waals surface area contributed by atoms with Crippen LogP contribution in [0.2, 0.25) is 0 Å². The van der Waals surface area contributed by atoms with Crippen LogP contribution >= 0.6 is 0 Å². The second-order valence-electron chi connectivity index (χ2n) is 4.22. The largest absolute Gasteiger partial charge is 0.394 e. The summed E-state index contributed by atoms with van der Waals surface area (Å²) >= 11 is 0. The third kappa shape index (κ3) is 3.08. The van der Waals surface area contributed by atoms with Crippen molar-refractivity contribution in [2.24, 2.45) is 0 Å². The first-order valence-electron chi connectivity index (χ1n) is 5.64. The lowest BCUT2D eigenvalue weighted by molar-refractivity contribution is -0.0305. The minimum Gasteiger partial charge on any atom is -0.394 e. The summed E-state index contributed by atoms with van der Waals surface area (Å²) in [5.74, 6) is 0.387. The van der Waals surface area contributed by atoms with Crippen molar-refractivity contribution in [1.29, 1.82) is 0 Å². The molecule has 8 heteroatoms. The smallest absolute Gasteiger partial charge is 0.220 e. The first-order valence-corrected chi connectivity index (χ1v) is 7.24. The molecule has 0 amide bonds. The van der Waals surface area contributed by atoms with E-state index in [1.165, 1.54) is 4.31 Å². The zero-order valence-corrected chi connectivity index (χ0v) is 10.9. The Kier molecular flexibility index (Phi) is 4.00. The molecule has 102 valence electrons. The van der Waals surface area contributed by atoms with Gasteiger partial charge in [0, 0.05) is 19.2 Å². The molecule has 7 nitrogen and oxygen atoms in total. The number of aliphatic hydroxyl groups is 1. The van der Waals surface area contributed by atoms with Gasteiger partial charge in [0.05, 0.1) is 19.3 Å². The molecular weight excluding hydrogens is 260 g/mol. The number of hydrogen-bond donors (Lipinski definition) is 1. The van der Waals surface area contributed by atoms with Crippen molar-refractivity contribution in [3.8, 4) is 0 Å². The lowest BCUT2D eigenvalue weighted by Gasteiger charge is -2.30. The van der Waals surface area contributed by atoms with E-state index in [-0.39, 0.29) is 18.9 Å². The average molecular weight is 276 g/mol. The molecule has 1 saturated heterocycles. The van der Waals surface area contributed by atoms with E-state index in [9.17, 15) is 8.42 Å². The molecule has 2 rings (SSSR count). The zero-order chi connectivity index (χ0) is 13.2. The van der Waals surface area contributed by atoms with E-state index in [1.807, 2.05) is 0 Å². The van der Waals surface area contributed by atoms with Gasteiger partial charge < -0.3 is 14.4 Å². The molecule has 0 bridgehead atoms. The van der Waals surface area contributed by atoms with E-state index in [0.29, 0.717) is 24.6 Å². The Balaban J connectivity index is 2.06. The van der Waals surface area contributed by atoms with E-state index in [4.69, 9.17) is 14.4 Å². The van der Waals surface area contributed by atoms with Gasteiger partial charge in [-0.05, 0) is 6.92 Å². The Labute approximate surface area is 105 Å². The van der Waals surface area contributed by atoms with Gasteiger partial charge in [-0.3, -0.25) is 0 Å². The van der Waals surface area contributed by atoms with Crippen LogP contribution in [0.5, 0.6) is 0 Å². The molecule has 1 aliphatic heterocycles. The van der Waals surface area contributed by atoms with Crippen LogP contribution in [0.1, 0.15) is 11.5 Å². The minimum absolute atomic E-state index is 0.176. The monoisotopic (exact) mass is 276 g/mol. The van der Waals surface area contributed by atoms with Crippen molar-refractivity contribution >= 4 is 10.0 Å². The molecule has 1 atom stereocenters. The molecule has 1 aromatic rings. The average Bonchev–Trinajstić information content (AvgIpc) is 2.74. The van der Waals surface area contributed by atoms with Crippen LogP contribution in [0.4, 0.5) is 0 Å². The predicted octanol–water partition coefficient (Wildman–Crippen LogP) is -0.494. The molecule has 1 aromatic heterocycles. The third-order valence-corrected chi connectivity index (χ3v) is 4.48. The maximum Gasteiger partial charge on any atom is 0.220 e. The summed E-state index contributed by atoms with van der Waals surface area (Å²) in [6.07, 6.45) is -0.451. The molecule has 0 radical (unpaired) electrons. The molecule has 18 heavy (non-hydrogen) atoms. The topological polar surface area (TPSA) is 92.9 Å². The number of rotatable bonds is 4. The first kappa shape index (κ1) is 13.5. The minimum atomic E-state index is -3.45. The van der Waals surface area contributed by atoms with Crippen molar-refractivity contribution in [2.45, 2.75) is 18.8 Å². The van der Waals surface area contributed by atoms with Crippen molar-refractivity contribution in [3.05, 3.63) is 17.5 Å². The highest BCUT2D eigenvalue weighted by Crippen LogP contribution is 2.15. The SMILES string of the molecule is Cc1cc(CS(=O)(=O)N2CCOC(CO)C2)no1. The first-order chi connectivity index (χ1) is 8.51. The standard InChI is InChI=1S/C10H16N2O5S/c1-8-4-9(11-17-8)7-18(14,15)12-2-3-16-10(5-12)6-13/h4,10,13H,2-3,5-7H2,1H3. The number of aliphatic hydroxyl groups excluding tert-OH is 1. The summed E-state index contributed by atoms with van der Waals surface area (Å²) in [6.45, 7) is 2.29. The normalized spacial score (nSPS) is 22.2. The lowest BCUT2D eigenvalue weighted by Crippen LogP contribution is -2.47. The van der Waals surface area contributed by atoms with E-state index in [0.717, 1.165) is 0 Å². The Morgan fingerprint density at radius 1 is 1.61 bits per heavy atom. The fraction of sp³-hybridized carbons (Fsp3) is 0.700. The van der Waals surface area contributed by atoms with Gasteiger partial charge in [-0.1, -0.05) is 5.16 Å². The van der Waals surface area contributed by atoms with Crippen LogP contribution in [0.25, 0.3) is 0 Å². The molecule has 0 aliphatic carbocycles. The van der Waals surface area contributed by atoms with E-state index in [1.54, 1.807) is 13.0 Å². The summed E-state index contributed by atoms with van der Waals surface area (Å²) in [7, 11) is -3.45. The summed E-state index contributed by atoms with van der Waals surface area (Å²) in [5, 5.41) is 12.7. The van der Waals surface area contributed by atoms with Crippen LogP contribution in [-0.2, 0) is 20.5 Å². The summed E-state index contributed by atoms with van der Waals surface area (Å²) in [5.41, 5.74) is 0.388. The molecule has 0 aromatic carbocycles. The van der Waals surface area contributed by atoms with Gasteiger partial charge >= 0.3 is 0 Å². The van der Waals surface area contributed by atoms with Gasteiger partial charge in [-0.15, -0.1) is 0 Å². The number of aromatic nitrogens is 1.